The molecule has 9 heteroatoms. The maximum atomic E-state index is 13.1. The number of phenols is 1. The molecule has 2 aromatic rings. The number of nitrogens with one attached hydrogen (secondary N) is 1. The van der Waals surface area contributed by atoms with Gasteiger partial charge in [0.15, 0.2) is 5.11 Å². The molecule has 3 rings (SSSR count). The van der Waals surface area contributed by atoms with Crippen LogP contribution in [0.1, 0.15) is 11.1 Å². The average Bonchev–Trinajstić information content (AvgIpc) is 2.66. The number of thiocarbonyl (C=S) groups is 1. The fraction of sp³-hybridized carbons (Fsp3) is 0.0500. The molecule has 5 nitrogen and oxygen atoms in total. The van der Waals surface area contributed by atoms with Crippen molar-refractivity contribution < 1.29 is 14.7 Å². The molecule has 0 spiro atoms. The molecule has 29 heavy (non-hydrogen) atoms. The van der Waals surface area contributed by atoms with Crippen molar-refractivity contribution in [3.63, 3.8) is 0 Å². The summed E-state index contributed by atoms with van der Waals surface area (Å²) in [4.78, 5) is 26.7. The Hall–Kier alpha value is -2.19. The van der Waals surface area contributed by atoms with E-state index in [1.165, 1.54) is 6.08 Å². The molecule has 0 saturated carbocycles. The molecule has 1 heterocycles. The molecule has 1 aliphatic heterocycles. The van der Waals surface area contributed by atoms with E-state index in [4.69, 9.17) is 35.4 Å². The SMILES string of the molecule is C=CCc1cc(/C=C2\C(=O)NC(=S)N(c3cccc(Cl)c3Cl)C2=O)cc(Br)c1O. The van der Waals surface area contributed by atoms with Gasteiger partial charge in [-0.05, 0) is 76.0 Å². The maximum Gasteiger partial charge on any atom is 0.270 e. The first-order valence-corrected chi connectivity index (χ1v) is 10.2. The molecule has 2 amide bonds. The number of aromatic hydroxyl groups is 1. The van der Waals surface area contributed by atoms with Crippen LogP contribution in [0.25, 0.3) is 6.08 Å². The minimum atomic E-state index is -0.641. The van der Waals surface area contributed by atoms with E-state index in [-0.39, 0.29) is 32.2 Å². The smallest absolute Gasteiger partial charge is 0.270 e. The van der Waals surface area contributed by atoms with Gasteiger partial charge in [-0.15, -0.1) is 6.58 Å². The van der Waals surface area contributed by atoms with Gasteiger partial charge in [0.05, 0.1) is 20.2 Å². The van der Waals surface area contributed by atoms with Crippen LogP contribution in [0.15, 0.2) is 53.0 Å². The monoisotopic (exact) mass is 510 g/mol. The predicted octanol–water partition coefficient (Wildman–Crippen LogP) is 5.02. The number of phenolic OH excluding ortho intramolecular Hbond substituents is 1. The number of carbonyl (C=O) groups is 2. The number of rotatable bonds is 4. The van der Waals surface area contributed by atoms with Gasteiger partial charge in [0.25, 0.3) is 11.8 Å². The summed E-state index contributed by atoms with van der Waals surface area (Å²) in [7, 11) is 0. The van der Waals surface area contributed by atoms with Gasteiger partial charge in [-0.1, -0.05) is 35.3 Å². The van der Waals surface area contributed by atoms with E-state index < -0.39 is 11.8 Å². The third-order valence-electron chi connectivity index (χ3n) is 4.11. The lowest BCUT2D eigenvalue weighted by atomic mass is 10.0. The van der Waals surface area contributed by atoms with Gasteiger partial charge in [-0.25, -0.2) is 0 Å². The van der Waals surface area contributed by atoms with Crippen molar-refractivity contribution in [2.45, 2.75) is 6.42 Å². The lowest BCUT2D eigenvalue weighted by Crippen LogP contribution is -2.54. The van der Waals surface area contributed by atoms with Crippen LogP contribution >= 0.6 is 51.3 Å². The topological polar surface area (TPSA) is 69.6 Å². The number of nitrogens with zero attached hydrogens (tertiary/aromatic N) is 1. The molecule has 0 radical (unpaired) electrons. The van der Waals surface area contributed by atoms with E-state index in [0.717, 1.165) is 4.90 Å². The predicted molar refractivity (Wildman–Crippen MR) is 122 cm³/mol. The summed E-state index contributed by atoms with van der Waals surface area (Å²) in [6, 6.07) is 8.04. The second-order valence-electron chi connectivity index (χ2n) is 6.03. The van der Waals surface area contributed by atoms with Crippen LogP contribution in [0.2, 0.25) is 10.0 Å². The largest absolute Gasteiger partial charge is 0.506 e. The van der Waals surface area contributed by atoms with Crippen molar-refractivity contribution in [3.8, 4) is 5.75 Å². The summed E-state index contributed by atoms with van der Waals surface area (Å²) in [5.41, 5.74) is 1.25. The number of benzene rings is 2. The third-order valence-corrected chi connectivity index (χ3v) is 5.81. The van der Waals surface area contributed by atoms with Crippen LogP contribution in [0, 0.1) is 0 Å². The number of anilines is 1. The van der Waals surface area contributed by atoms with Crippen LogP contribution in [0.3, 0.4) is 0 Å². The van der Waals surface area contributed by atoms with Gasteiger partial charge in [0.2, 0.25) is 0 Å². The molecule has 0 atom stereocenters. The maximum absolute atomic E-state index is 13.1. The first-order chi connectivity index (χ1) is 13.7. The molecule has 0 unspecified atom stereocenters. The van der Waals surface area contributed by atoms with E-state index in [1.807, 2.05) is 0 Å². The Kier molecular flexibility index (Phi) is 6.43. The second-order valence-corrected chi connectivity index (χ2v) is 8.06. The fourth-order valence-corrected chi connectivity index (χ4v) is 3.95. The van der Waals surface area contributed by atoms with Gasteiger partial charge in [0.1, 0.15) is 11.3 Å². The van der Waals surface area contributed by atoms with E-state index >= 15 is 0 Å². The summed E-state index contributed by atoms with van der Waals surface area (Å²) in [5.74, 6) is -1.21. The third kappa shape index (κ3) is 4.23. The zero-order valence-corrected chi connectivity index (χ0v) is 18.6. The summed E-state index contributed by atoms with van der Waals surface area (Å²) in [6.07, 6.45) is 3.47. The molecular weight excluding hydrogens is 499 g/mol. The van der Waals surface area contributed by atoms with Crippen LogP contribution in [0.5, 0.6) is 5.75 Å². The van der Waals surface area contributed by atoms with Crippen molar-refractivity contribution >= 4 is 80.0 Å². The van der Waals surface area contributed by atoms with Gasteiger partial charge in [0, 0.05) is 0 Å². The molecular formula is C20H13BrCl2N2O3S. The Labute approximate surface area is 190 Å². The standard InChI is InChI=1S/C20H13BrCl2N2O3S/c1-2-4-11-7-10(9-13(21)17(11)26)8-12-18(27)24-20(29)25(19(12)28)15-6-3-5-14(22)16(15)23/h2-3,5-9,26H,1,4H2,(H,24,27,29)/b12-8+. The molecule has 0 aliphatic carbocycles. The average molecular weight is 512 g/mol. The first-order valence-electron chi connectivity index (χ1n) is 8.22. The minimum Gasteiger partial charge on any atom is -0.506 e. The summed E-state index contributed by atoms with van der Waals surface area (Å²) in [5, 5.41) is 12.9. The number of carbonyl (C=O) groups excluding carboxylic acids is 2. The van der Waals surface area contributed by atoms with Crippen LogP contribution in [0.4, 0.5) is 5.69 Å². The van der Waals surface area contributed by atoms with E-state index in [0.29, 0.717) is 22.0 Å². The Morgan fingerprint density at radius 2 is 2.00 bits per heavy atom. The van der Waals surface area contributed by atoms with Crippen molar-refractivity contribution in [1.82, 2.24) is 5.32 Å². The summed E-state index contributed by atoms with van der Waals surface area (Å²) >= 11 is 20.7. The molecule has 2 N–H and O–H groups in total. The molecule has 2 aromatic carbocycles. The van der Waals surface area contributed by atoms with Crippen molar-refractivity contribution in [1.29, 1.82) is 0 Å². The highest BCUT2D eigenvalue weighted by Crippen LogP contribution is 2.35. The van der Waals surface area contributed by atoms with Gasteiger partial charge >= 0.3 is 0 Å². The first kappa shape index (κ1) is 21.5. The van der Waals surface area contributed by atoms with Crippen molar-refractivity contribution in [2.24, 2.45) is 0 Å². The highest BCUT2D eigenvalue weighted by atomic mass is 79.9. The highest BCUT2D eigenvalue weighted by molar-refractivity contribution is 9.10. The molecule has 0 aromatic heterocycles. The highest BCUT2D eigenvalue weighted by Gasteiger charge is 2.35. The number of amides is 2. The Morgan fingerprint density at radius 3 is 2.69 bits per heavy atom. The molecule has 148 valence electrons. The molecule has 1 fully saturated rings. The van der Waals surface area contributed by atoms with Gasteiger partial charge in [-0.3, -0.25) is 19.8 Å². The van der Waals surface area contributed by atoms with Crippen molar-refractivity contribution in [2.75, 3.05) is 4.90 Å². The second kappa shape index (κ2) is 8.67. The van der Waals surface area contributed by atoms with Crippen LogP contribution in [-0.2, 0) is 16.0 Å². The van der Waals surface area contributed by atoms with Gasteiger partial charge < -0.3 is 5.11 Å². The molecule has 0 bridgehead atoms. The van der Waals surface area contributed by atoms with Crippen molar-refractivity contribution in [3.05, 3.63) is 74.2 Å². The summed E-state index contributed by atoms with van der Waals surface area (Å²) in [6.45, 7) is 3.66. The lowest BCUT2D eigenvalue weighted by Gasteiger charge is -2.29. The quantitative estimate of drug-likeness (QED) is 0.261. The molecule has 1 saturated heterocycles. The zero-order valence-electron chi connectivity index (χ0n) is 14.7. The van der Waals surface area contributed by atoms with Crippen LogP contribution in [-0.4, -0.2) is 22.0 Å². The van der Waals surface area contributed by atoms with E-state index in [1.54, 1.807) is 36.4 Å². The van der Waals surface area contributed by atoms with Crippen LogP contribution < -0.4 is 10.2 Å². The Bertz CT molecular complexity index is 1100. The number of hydrogen-bond acceptors (Lipinski definition) is 4. The number of halogens is 3. The molecule has 1 aliphatic rings. The van der Waals surface area contributed by atoms with E-state index in [9.17, 15) is 14.7 Å². The Balaban J connectivity index is 2.09. The fourth-order valence-electron chi connectivity index (χ4n) is 2.78. The Morgan fingerprint density at radius 1 is 1.28 bits per heavy atom. The lowest BCUT2D eigenvalue weighted by molar-refractivity contribution is -0.122. The number of allylic oxidation sites excluding steroid dienone is 1. The summed E-state index contributed by atoms with van der Waals surface area (Å²) < 4.78 is 0.428. The minimum absolute atomic E-state index is 0.0694. The van der Waals surface area contributed by atoms with Gasteiger partial charge in [-0.2, -0.15) is 0 Å². The number of hydrogen-bond donors (Lipinski definition) is 2. The normalized spacial score (nSPS) is 15.6. The van der Waals surface area contributed by atoms with E-state index in [2.05, 4.69) is 27.8 Å². The zero-order chi connectivity index (χ0) is 21.3.